The molecule has 3 atom stereocenters. The summed E-state index contributed by atoms with van der Waals surface area (Å²) in [5.74, 6) is 0.300. The Bertz CT molecular complexity index is 288. The SMILES string of the molecule is CNC1COCC1C(=O)N1CCCC(SC)CC1. The van der Waals surface area contributed by atoms with Gasteiger partial charge in [0.15, 0.2) is 0 Å². The average molecular weight is 272 g/mol. The molecule has 2 fully saturated rings. The number of carbonyl (C=O) groups is 1. The quantitative estimate of drug-likeness (QED) is 0.831. The van der Waals surface area contributed by atoms with Gasteiger partial charge in [-0.25, -0.2) is 0 Å². The number of rotatable bonds is 3. The van der Waals surface area contributed by atoms with Crippen LogP contribution >= 0.6 is 11.8 Å². The molecule has 5 heteroatoms. The molecule has 0 saturated carbocycles. The summed E-state index contributed by atoms with van der Waals surface area (Å²) in [6.45, 7) is 3.07. The molecule has 0 aliphatic carbocycles. The summed E-state index contributed by atoms with van der Waals surface area (Å²) >= 11 is 1.94. The van der Waals surface area contributed by atoms with Gasteiger partial charge in [-0.05, 0) is 32.6 Å². The van der Waals surface area contributed by atoms with Crippen molar-refractivity contribution in [2.75, 3.05) is 39.6 Å². The molecule has 0 aromatic heterocycles. The first kappa shape index (κ1) is 14.2. The predicted octanol–water partition coefficient (Wildman–Crippen LogP) is 0.965. The number of hydrogen-bond donors (Lipinski definition) is 1. The normalized spacial score (nSPS) is 33.4. The number of thioether (sulfide) groups is 1. The molecular weight excluding hydrogens is 248 g/mol. The molecule has 1 amide bonds. The maximum absolute atomic E-state index is 12.5. The monoisotopic (exact) mass is 272 g/mol. The maximum Gasteiger partial charge on any atom is 0.229 e. The van der Waals surface area contributed by atoms with E-state index in [1.165, 1.54) is 6.42 Å². The van der Waals surface area contributed by atoms with Crippen molar-refractivity contribution in [2.45, 2.75) is 30.6 Å². The standard InChI is InChI=1S/C13H24N2O2S/c1-14-12-9-17-8-11(12)13(16)15-6-3-4-10(18-2)5-7-15/h10-12,14H,3-9H2,1-2H3. The molecule has 2 aliphatic heterocycles. The molecule has 4 nitrogen and oxygen atoms in total. The van der Waals surface area contributed by atoms with Gasteiger partial charge in [0.25, 0.3) is 0 Å². The van der Waals surface area contributed by atoms with Crippen LogP contribution in [0.2, 0.25) is 0 Å². The summed E-state index contributed by atoms with van der Waals surface area (Å²) in [5, 5.41) is 3.92. The Balaban J connectivity index is 1.92. The molecule has 104 valence electrons. The van der Waals surface area contributed by atoms with E-state index in [-0.39, 0.29) is 17.9 Å². The zero-order valence-electron chi connectivity index (χ0n) is 11.4. The van der Waals surface area contributed by atoms with Crippen LogP contribution in [0.4, 0.5) is 0 Å². The molecule has 0 bridgehead atoms. The number of nitrogens with zero attached hydrogens (tertiary/aromatic N) is 1. The number of nitrogens with one attached hydrogen (secondary N) is 1. The summed E-state index contributed by atoms with van der Waals surface area (Å²) in [7, 11) is 1.91. The van der Waals surface area contributed by atoms with Crippen LogP contribution in [0.5, 0.6) is 0 Å². The minimum absolute atomic E-state index is 0.0147. The minimum Gasteiger partial charge on any atom is -0.379 e. The first-order valence-electron chi connectivity index (χ1n) is 6.83. The van der Waals surface area contributed by atoms with Gasteiger partial charge in [-0.2, -0.15) is 11.8 Å². The van der Waals surface area contributed by atoms with Crippen LogP contribution in [0.3, 0.4) is 0 Å². The van der Waals surface area contributed by atoms with E-state index in [4.69, 9.17) is 4.74 Å². The third kappa shape index (κ3) is 3.19. The highest BCUT2D eigenvalue weighted by Crippen LogP contribution is 2.23. The van der Waals surface area contributed by atoms with E-state index >= 15 is 0 Å². The second-order valence-electron chi connectivity index (χ2n) is 5.15. The van der Waals surface area contributed by atoms with Crippen LogP contribution in [0.1, 0.15) is 19.3 Å². The fraction of sp³-hybridized carbons (Fsp3) is 0.923. The predicted molar refractivity (Wildman–Crippen MR) is 74.9 cm³/mol. The van der Waals surface area contributed by atoms with Gasteiger partial charge in [-0.15, -0.1) is 0 Å². The third-order valence-electron chi connectivity index (χ3n) is 4.09. The van der Waals surface area contributed by atoms with Gasteiger partial charge >= 0.3 is 0 Å². The Kier molecular flexibility index (Phi) is 5.33. The van der Waals surface area contributed by atoms with Crippen molar-refractivity contribution in [1.82, 2.24) is 10.2 Å². The number of likely N-dealkylation sites (tertiary alicyclic amines) is 1. The number of carbonyl (C=O) groups excluding carboxylic acids is 1. The highest BCUT2D eigenvalue weighted by atomic mass is 32.2. The fourth-order valence-electron chi connectivity index (χ4n) is 2.84. The summed E-state index contributed by atoms with van der Waals surface area (Å²) < 4.78 is 5.43. The van der Waals surface area contributed by atoms with Crippen LogP contribution in [0.15, 0.2) is 0 Å². The molecule has 2 rings (SSSR count). The van der Waals surface area contributed by atoms with Gasteiger partial charge in [0.1, 0.15) is 0 Å². The van der Waals surface area contributed by atoms with Crippen LogP contribution in [-0.2, 0) is 9.53 Å². The van der Waals surface area contributed by atoms with Gasteiger partial charge in [-0.3, -0.25) is 4.79 Å². The molecule has 0 spiro atoms. The highest BCUT2D eigenvalue weighted by Gasteiger charge is 2.36. The van der Waals surface area contributed by atoms with Gasteiger partial charge in [0.05, 0.1) is 19.1 Å². The number of likely N-dealkylation sites (N-methyl/N-ethyl adjacent to an activating group) is 1. The summed E-state index contributed by atoms with van der Waals surface area (Å²) in [6.07, 6.45) is 5.67. The van der Waals surface area contributed by atoms with Crippen molar-refractivity contribution in [2.24, 2.45) is 5.92 Å². The largest absolute Gasteiger partial charge is 0.379 e. The molecule has 18 heavy (non-hydrogen) atoms. The number of ether oxygens (including phenoxy) is 1. The van der Waals surface area contributed by atoms with Gasteiger partial charge in [0, 0.05) is 24.4 Å². The summed E-state index contributed by atoms with van der Waals surface area (Å²) in [5.41, 5.74) is 0. The maximum atomic E-state index is 12.5. The molecule has 0 radical (unpaired) electrons. The molecule has 2 aliphatic rings. The van der Waals surface area contributed by atoms with Crippen molar-refractivity contribution in [1.29, 1.82) is 0 Å². The van der Waals surface area contributed by atoms with E-state index in [9.17, 15) is 4.79 Å². The Hall–Kier alpha value is -0.260. The van der Waals surface area contributed by atoms with Crippen molar-refractivity contribution >= 4 is 17.7 Å². The molecule has 3 unspecified atom stereocenters. The van der Waals surface area contributed by atoms with Crippen LogP contribution in [0.25, 0.3) is 0 Å². The van der Waals surface area contributed by atoms with Crippen LogP contribution in [0, 0.1) is 5.92 Å². The Morgan fingerprint density at radius 3 is 2.89 bits per heavy atom. The van der Waals surface area contributed by atoms with Gasteiger partial charge < -0.3 is 15.0 Å². The second kappa shape index (κ2) is 6.78. The Morgan fingerprint density at radius 1 is 1.33 bits per heavy atom. The average Bonchev–Trinajstić information content (AvgIpc) is 2.74. The van der Waals surface area contributed by atoms with Crippen molar-refractivity contribution in [3.63, 3.8) is 0 Å². The van der Waals surface area contributed by atoms with Crippen LogP contribution < -0.4 is 5.32 Å². The first-order valence-corrected chi connectivity index (χ1v) is 8.11. The minimum atomic E-state index is 0.0147. The van der Waals surface area contributed by atoms with Crippen molar-refractivity contribution in [3.05, 3.63) is 0 Å². The number of hydrogen-bond acceptors (Lipinski definition) is 4. The third-order valence-corrected chi connectivity index (χ3v) is 5.23. The van der Waals surface area contributed by atoms with E-state index in [0.29, 0.717) is 13.2 Å². The lowest BCUT2D eigenvalue weighted by molar-refractivity contribution is -0.135. The Labute approximate surface area is 114 Å². The lowest BCUT2D eigenvalue weighted by atomic mass is 10.0. The van der Waals surface area contributed by atoms with E-state index < -0.39 is 0 Å². The molecule has 2 heterocycles. The zero-order valence-corrected chi connectivity index (χ0v) is 12.2. The van der Waals surface area contributed by atoms with E-state index in [0.717, 1.165) is 31.2 Å². The van der Waals surface area contributed by atoms with Gasteiger partial charge in [0.2, 0.25) is 5.91 Å². The lowest BCUT2D eigenvalue weighted by Gasteiger charge is -2.26. The molecular formula is C13H24N2O2S. The van der Waals surface area contributed by atoms with Crippen molar-refractivity contribution < 1.29 is 9.53 Å². The smallest absolute Gasteiger partial charge is 0.229 e. The Morgan fingerprint density at radius 2 is 2.17 bits per heavy atom. The second-order valence-corrected chi connectivity index (χ2v) is 6.29. The van der Waals surface area contributed by atoms with Gasteiger partial charge in [-0.1, -0.05) is 0 Å². The van der Waals surface area contributed by atoms with E-state index in [1.807, 2.05) is 18.8 Å². The summed E-state index contributed by atoms with van der Waals surface area (Å²) in [6, 6.07) is 0.192. The topological polar surface area (TPSA) is 41.6 Å². The summed E-state index contributed by atoms with van der Waals surface area (Å²) in [4.78, 5) is 14.6. The molecule has 2 saturated heterocycles. The van der Waals surface area contributed by atoms with E-state index in [1.54, 1.807) is 0 Å². The zero-order chi connectivity index (χ0) is 13.0. The molecule has 0 aromatic carbocycles. The van der Waals surface area contributed by atoms with E-state index in [2.05, 4.69) is 16.5 Å². The first-order chi connectivity index (χ1) is 8.76. The number of amides is 1. The van der Waals surface area contributed by atoms with Crippen molar-refractivity contribution in [3.8, 4) is 0 Å². The fourth-order valence-corrected chi connectivity index (χ4v) is 3.58. The van der Waals surface area contributed by atoms with Crippen LogP contribution in [-0.4, -0.2) is 61.7 Å². The molecule has 1 N–H and O–H groups in total. The molecule has 0 aromatic rings. The highest BCUT2D eigenvalue weighted by molar-refractivity contribution is 7.99. The lowest BCUT2D eigenvalue weighted by Crippen LogP contribution is -2.45.